The molecule has 0 N–H and O–H groups in total. The van der Waals surface area contributed by atoms with Crippen LogP contribution in [0.25, 0.3) is 5.52 Å². The first-order chi connectivity index (χ1) is 9.81. The molecular formula is C17H23N3. The molecule has 20 heavy (non-hydrogen) atoms. The highest BCUT2D eigenvalue weighted by molar-refractivity contribution is 5.54. The Morgan fingerprint density at radius 3 is 3.00 bits per heavy atom. The van der Waals surface area contributed by atoms with Crippen molar-refractivity contribution in [2.75, 3.05) is 19.6 Å². The molecule has 1 aliphatic carbocycles. The lowest BCUT2D eigenvalue weighted by atomic mass is 9.94. The SMILES string of the molecule is Cc1nc(C2CCCN(CC3CC3)C2)c2ccccn12. The van der Waals surface area contributed by atoms with Gasteiger partial charge in [0.15, 0.2) is 0 Å². The van der Waals surface area contributed by atoms with E-state index in [-0.39, 0.29) is 0 Å². The van der Waals surface area contributed by atoms with Gasteiger partial charge in [0.25, 0.3) is 0 Å². The first kappa shape index (κ1) is 12.4. The summed E-state index contributed by atoms with van der Waals surface area (Å²) < 4.78 is 2.23. The number of aromatic nitrogens is 2. The number of fused-ring (bicyclic) bond motifs is 1. The van der Waals surface area contributed by atoms with Crippen molar-refractivity contribution in [3.63, 3.8) is 0 Å². The summed E-state index contributed by atoms with van der Waals surface area (Å²) in [6, 6.07) is 6.44. The molecule has 106 valence electrons. The van der Waals surface area contributed by atoms with Crippen LogP contribution in [-0.2, 0) is 0 Å². The number of aryl methyl sites for hydroxylation is 1. The molecule has 1 saturated carbocycles. The van der Waals surface area contributed by atoms with E-state index in [1.54, 1.807) is 0 Å². The van der Waals surface area contributed by atoms with Crippen molar-refractivity contribution >= 4 is 5.52 Å². The van der Waals surface area contributed by atoms with E-state index in [4.69, 9.17) is 4.98 Å². The van der Waals surface area contributed by atoms with Crippen LogP contribution >= 0.6 is 0 Å². The lowest BCUT2D eigenvalue weighted by Gasteiger charge is -2.32. The molecule has 3 heteroatoms. The lowest BCUT2D eigenvalue weighted by Crippen LogP contribution is -2.35. The summed E-state index contributed by atoms with van der Waals surface area (Å²) in [6.45, 7) is 5.93. The van der Waals surface area contributed by atoms with Gasteiger partial charge in [-0.05, 0) is 57.2 Å². The van der Waals surface area contributed by atoms with Crippen LogP contribution < -0.4 is 0 Å². The van der Waals surface area contributed by atoms with E-state index < -0.39 is 0 Å². The number of imidazole rings is 1. The van der Waals surface area contributed by atoms with Crippen LogP contribution in [0.3, 0.4) is 0 Å². The van der Waals surface area contributed by atoms with Crippen LogP contribution in [0, 0.1) is 12.8 Å². The smallest absolute Gasteiger partial charge is 0.110 e. The molecule has 0 radical (unpaired) electrons. The summed E-state index contributed by atoms with van der Waals surface area (Å²) in [5.41, 5.74) is 2.63. The molecular weight excluding hydrogens is 246 g/mol. The average Bonchev–Trinajstić information content (AvgIpc) is 3.22. The third-order valence-electron chi connectivity index (χ3n) is 4.86. The maximum absolute atomic E-state index is 4.88. The Hall–Kier alpha value is -1.35. The van der Waals surface area contributed by atoms with Crippen LogP contribution in [0.4, 0.5) is 0 Å². The van der Waals surface area contributed by atoms with Crippen molar-refractivity contribution < 1.29 is 0 Å². The van der Waals surface area contributed by atoms with Crippen molar-refractivity contribution in [1.29, 1.82) is 0 Å². The number of pyridine rings is 1. The molecule has 2 aromatic rings. The zero-order chi connectivity index (χ0) is 13.5. The van der Waals surface area contributed by atoms with Crippen molar-refractivity contribution in [2.45, 2.75) is 38.5 Å². The van der Waals surface area contributed by atoms with Gasteiger partial charge in [-0.25, -0.2) is 4.98 Å². The van der Waals surface area contributed by atoms with E-state index in [0.29, 0.717) is 5.92 Å². The maximum atomic E-state index is 4.88. The normalized spacial score (nSPS) is 24.4. The second kappa shape index (κ2) is 4.88. The Labute approximate surface area is 120 Å². The van der Waals surface area contributed by atoms with Gasteiger partial charge < -0.3 is 9.30 Å². The Kier molecular flexibility index (Phi) is 3.03. The fourth-order valence-electron chi connectivity index (χ4n) is 3.63. The predicted molar refractivity (Wildman–Crippen MR) is 81.1 cm³/mol. The Morgan fingerprint density at radius 1 is 1.25 bits per heavy atom. The molecule has 0 amide bonds. The fraction of sp³-hybridized carbons (Fsp3) is 0.588. The summed E-state index contributed by atoms with van der Waals surface area (Å²) in [5, 5.41) is 0. The van der Waals surface area contributed by atoms with Crippen LogP contribution in [-0.4, -0.2) is 33.9 Å². The topological polar surface area (TPSA) is 20.5 Å². The van der Waals surface area contributed by atoms with Gasteiger partial charge >= 0.3 is 0 Å². The van der Waals surface area contributed by atoms with Gasteiger partial charge in [0, 0.05) is 25.2 Å². The number of piperidine rings is 1. The summed E-state index contributed by atoms with van der Waals surface area (Å²) in [6.07, 6.45) is 7.65. The van der Waals surface area contributed by atoms with E-state index in [2.05, 4.69) is 40.6 Å². The second-order valence-electron chi connectivity index (χ2n) is 6.54. The monoisotopic (exact) mass is 269 g/mol. The number of nitrogens with zero attached hydrogens (tertiary/aromatic N) is 3. The average molecular weight is 269 g/mol. The number of hydrogen-bond donors (Lipinski definition) is 0. The minimum atomic E-state index is 0.619. The van der Waals surface area contributed by atoms with Crippen LogP contribution in [0.5, 0.6) is 0 Å². The molecule has 4 rings (SSSR count). The molecule has 2 aromatic heterocycles. The van der Waals surface area contributed by atoms with Crippen LogP contribution in [0.1, 0.15) is 43.1 Å². The zero-order valence-electron chi connectivity index (χ0n) is 12.3. The highest BCUT2D eigenvalue weighted by atomic mass is 15.1. The molecule has 2 aliphatic rings. The molecule has 0 bridgehead atoms. The highest BCUT2D eigenvalue weighted by Crippen LogP contribution is 2.34. The van der Waals surface area contributed by atoms with Gasteiger partial charge in [-0.15, -0.1) is 0 Å². The largest absolute Gasteiger partial charge is 0.304 e. The number of likely N-dealkylation sites (tertiary alicyclic amines) is 1. The van der Waals surface area contributed by atoms with Crippen LogP contribution in [0.15, 0.2) is 24.4 Å². The van der Waals surface area contributed by atoms with E-state index in [1.165, 1.54) is 56.5 Å². The molecule has 0 aromatic carbocycles. The lowest BCUT2D eigenvalue weighted by molar-refractivity contribution is 0.199. The molecule has 1 unspecified atom stereocenters. The minimum Gasteiger partial charge on any atom is -0.304 e. The summed E-state index contributed by atoms with van der Waals surface area (Å²) in [4.78, 5) is 7.55. The zero-order valence-corrected chi connectivity index (χ0v) is 12.3. The standard InChI is InChI=1S/C17H23N3/c1-13-18-17(16-6-2-3-10-20(13)16)15-5-4-9-19(12-15)11-14-7-8-14/h2-3,6,10,14-15H,4-5,7-9,11-12H2,1H3. The van der Waals surface area contributed by atoms with E-state index >= 15 is 0 Å². The fourth-order valence-corrected chi connectivity index (χ4v) is 3.63. The number of hydrogen-bond acceptors (Lipinski definition) is 2. The van der Waals surface area contributed by atoms with E-state index in [1.807, 2.05) is 0 Å². The summed E-state index contributed by atoms with van der Waals surface area (Å²) >= 11 is 0. The van der Waals surface area contributed by atoms with Gasteiger partial charge in [0.05, 0.1) is 11.2 Å². The molecule has 1 saturated heterocycles. The van der Waals surface area contributed by atoms with Crippen molar-refractivity contribution in [3.8, 4) is 0 Å². The van der Waals surface area contributed by atoms with Gasteiger partial charge in [-0.3, -0.25) is 0 Å². The number of rotatable bonds is 3. The quantitative estimate of drug-likeness (QED) is 0.852. The van der Waals surface area contributed by atoms with Crippen molar-refractivity contribution in [1.82, 2.24) is 14.3 Å². The minimum absolute atomic E-state index is 0.619. The Bertz CT molecular complexity index is 612. The summed E-state index contributed by atoms with van der Waals surface area (Å²) in [7, 11) is 0. The molecule has 1 atom stereocenters. The van der Waals surface area contributed by atoms with Crippen molar-refractivity contribution in [2.24, 2.45) is 5.92 Å². The molecule has 2 fully saturated rings. The third-order valence-corrected chi connectivity index (χ3v) is 4.86. The van der Waals surface area contributed by atoms with Gasteiger partial charge in [-0.2, -0.15) is 0 Å². The molecule has 1 aliphatic heterocycles. The van der Waals surface area contributed by atoms with Gasteiger partial charge in [0.2, 0.25) is 0 Å². The van der Waals surface area contributed by atoms with E-state index in [0.717, 1.165) is 11.7 Å². The predicted octanol–water partition coefficient (Wildman–Crippen LogP) is 3.23. The first-order valence-corrected chi connectivity index (χ1v) is 7.97. The maximum Gasteiger partial charge on any atom is 0.110 e. The molecule has 0 spiro atoms. The Balaban J connectivity index is 1.61. The van der Waals surface area contributed by atoms with Gasteiger partial charge in [0.1, 0.15) is 5.82 Å². The van der Waals surface area contributed by atoms with E-state index in [9.17, 15) is 0 Å². The molecule has 3 heterocycles. The van der Waals surface area contributed by atoms with Crippen molar-refractivity contribution in [3.05, 3.63) is 35.9 Å². The summed E-state index contributed by atoms with van der Waals surface area (Å²) in [5.74, 6) is 2.73. The first-order valence-electron chi connectivity index (χ1n) is 7.97. The second-order valence-corrected chi connectivity index (χ2v) is 6.54. The Morgan fingerprint density at radius 2 is 2.15 bits per heavy atom. The highest BCUT2D eigenvalue weighted by Gasteiger charge is 2.29. The van der Waals surface area contributed by atoms with Gasteiger partial charge in [-0.1, -0.05) is 6.07 Å². The van der Waals surface area contributed by atoms with Crippen LogP contribution in [0.2, 0.25) is 0 Å². The molecule has 3 nitrogen and oxygen atoms in total. The third kappa shape index (κ3) is 2.24.